The standard InChI is InChI=1S/C9H18N2O2/c1-13-7-3-2-5-11-6-4-8(10)9(11)12/h8H,2-7,10H2,1H3. The van der Waals surface area contributed by atoms with Crippen LogP contribution in [0.1, 0.15) is 19.3 Å². The summed E-state index contributed by atoms with van der Waals surface area (Å²) in [7, 11) is 1.69. The van der Waals surface area contributed by atoms with Crippen LogP contribution in [0.2, 0.25) is 0 Å². The molecule has 0 aromatic carbocycles. The van der Waals surface area contributed by atoms with Gasteiger partial charge in [0.1, 0.15) is 0 Å². The molecule has 4 heteroatoms. The Kier molecular flexibility index (Phi) is 4.18. The lowest BCUT2D eigenvalue weighted by Crippen LogP contribution is -2.34. The van der Waals surface area contributed by atoms with Crippen molar-refractivity contribution in [1.82, 2.24) is 4.90 Å². The molecule has 1 aliphatic rings. The molecule has 1 saturated heterocycles. The fourth-order valence-electron chi connectivity index (χ4n) is 1.53. The minimum absolute atomic E-state index is 0.109. The van der Waals surface area contributed by atoms with Crippen LogP contribution in [0.3, 0.4) is 0 Å². The highest BCUT2D eigenvalue weighted by Crippen LogP contribution is 2.09. The van der Waals surface area contributed by atoms with Crippen LogP contribution in [0.25, 0.3) is 0 Å². The average molecular weight is 186 g/mol. The molecular weight excluding hydrogens is 168 g/mol. The molecule has 1 fully saturated rings. The first kappa shape index (κ1) is 10.5. The zero-order chi connectivity index (χ0) is 9.68. The maximum Gasteiger partial charge on any atom is 0.239 e. The second-order valence-corrected chi connectivity index (χ2v) is 3.42. The summed E-state index contributed by atoms with van der Waals surface area (Å²) in [4.78, 5) is 13.2. The molecule has 0 aromatic rings. The van der Waals surface area contributed by atoms with Gasteiger partial charge in [-0.05, 0) is 19.3 Å². The zero-order valence-corrected chi connectivity index (χ0v) is 8.16. The number of nitrogens with two attached hydrogens (primary N) is 1. The van der Waals surface area contributed by atoms with Crippen LogP contribution in [0, 0.1) is 0 Å². The van der Waals surface area contributed by atoms with Crippen LogP contribution < -0.4 is 5.73 Å². The Hall–Kier alpha value is -0.610. The maximum atomic E-state index is 11.3. The van der Waals surface area contributed by atoms with E-state index in [0.717, 1.165) is 39.0 Å². The smallest absolute Gasteiger partial charge is 0.239 e. The van der Waals surface area contributed by atoms with Crippen molar-refractivity contribution >= 4 is 5.91 Å². The van der Waals surface area contributed by atoms with E-state index in [0.29, 0.717) is 0 Å². The van der Waals surface area contributed by atoms with Crippen LogP contribution in [-0.2, 0) is 9.53 Å². The minimum atomic E-state index is -0.248. The number of rotatable bonds is 5. The number of amides is 1. The van der Waals surface area contributed by atoms with Gasteiger partial charge in [-0.2, -0.15) is 0 Å². The van der Waals surface area contributed by atoms with Crippen LogP contribution in [0.15, 0.2) is 0 Å². The fraction of sp³-hybridized carbons (Fsp3) is 0.889. The van der Waals surface area contributed by atoms with Gasteiger partial charge in [0.2, 0.25) is 5.91 Å². The van der Waals surface area contributed by atoms with Crippen molar-refractivity contribution < 1.29 is 9.53 Å². The Balaban J connectivity index is 2.12. The van der Waals surface area contributed by atoms with Gasteiger partial charge in [0, 0.05) is 26.8 Å². The van der Waals surface area contributed by atoms with Crippen molar-refractivity contribution in [2.24, 2.45) is 5.73 Å². The molecule has 0 aliphatic carbocycles. The summed E-state index contributed by atoms with van der Waals surface area (Å²) in [5, 5.41) is 0. The normalized spacial score (nSPS) is 22.8. The number of ether oxygens (including phenoxy) is 1. The van der Waals surface area contributed by atoms with E-state index in [1.54, 1.807) is 7.11 Å². The van der Waals surface area contributed by atoms with E-state index in [1.807, 2.05) is 4.90 Å². The van der Waals surface area contributed by atoms with Crippen molar-refractivity contribution in [2.45, 2.75) is 25.3 Å². The third-order valence-corrected chi connectivity index (χ3v) is 2.37. The van der Waals surface area contributed by atoms with Crippen LogP contribution in [0.5, 0.6) is 0 Å². The Morgan fingerprint density at radius 2 is 2.38 bits per heavy atom. The first-order valence-corrected chi connectivity index (χ1v) is 4.79. The average Bonchev–Trinajstić information content (AvgIpc) is 2.43. The molecule has 13 heavy (non-hydrogen) atoms. The first-order valence-electron chi connectivity index (χ1n) is 4.79. The molecule has 4 nitrogen and oxygen atoms in total. The van der Waals surface area contributed by atoms with Gasteiger partial charge in [0.25, 0.3) is 0 Å². The number of unbranched alkanes of at least 4 members (excludes halogenated alkanes) is 1. The molecule has 2 N–H and O–H groups in total. The number of carbonyl (C=O) groups is 1. The van der Waals surface area contributed by atoms with E-state index in [4.69, 9.17) is 10.5 Å². The van der Waals surface area contributed by atoms with Gasteiger partial charge in [-0.3, -0.25) is 4.79 Å². The summed E-state index contributed by atoms with van der Waals surface area (Å²) in [5.74, 6) is 0.109. The van der Waals surface area contributed by atoms with Crippen LogP contribution in [0.4, 0.5) is 0 Å². The molecule has 1 atom stereocenters. The third kappa shape index (κ3) is 2.97. The van der Waals surface area contributed by atoms with Gasteiger partial charge in [-0.15, -0.1) is 0 Å². The van der Waals surface area contributed by atoms with Gasteiger partial charge >= 0.3 is 0 Å². The maximum absolute atomic E-state index is 11.3. The molecule has 1 rings (SSSR count). The van der Waals surface area contributed by atoms with Crippen molar-refractivity contribution in [1.29, 1.82) is 0 Å². The van der Waals surface area contributed by atoms with Crippen LogP contribution in [-0.4, -0.2) is 43.7 Å². The highest BCUT2D eigenvalue weighted by molar-refractivity contribution is 5.83. The first-order chi connectivity index (χ1) is 6.25. The second kappa shape index (κ2) is 5.19. The lowest BCUT2D eigenvalue weighted by atomic mass is 10.3. The Labute approximate surface area is 79.0 Å². The van der Waals surface area contributed by atoms with Crippen molar-refractivity contribution in [3.05, 3.63) is 0 Å². The van der Waals surface area contributed by atoms with E-state index in [-0.39, 0.29) is 11.9 Å². The van der Waals surface area contributed by atoms with E-state index in [9.17, 15) is 4.79 Å². The Bertz CT molecular complexity index is 173. The summed E-state index contributed by atoms with van der Waals surface area (Å²) in [6.07, 6.45) is 2.82. The molecule has 1 heterocycles. The topological polar surface area (TPSA) is 55.6 Å². The molecule has 0 aromatic heterocycles. The van der Waals surface area contributed by atoms with Gasteiger partial charge in [-0.25, -0.2) is 0 Å². The molecule has 1 unspecified atom stereocenters. The van der Waals surface area contributed by atoms with Gasteiger partial charge < -0.3 is 15.4 Å². The highest BCUT2D eigenvalue weighted by Gasteiger charge is 2.27. The number of methoxy groups -OCH3 is 1. The molecule has 0 radical (unpaired) electrons. The largest absolute Gasteiger partial charge is 0.385 e. The summed E-state index contributed by atoms with van der Waals surface area (Å²) in [6, 6.07) is -0.248. The molecule has 1 aliphatic heterocycles. The Morgan fingerprint density at radius 3 is 2.92 bits per heavy atom. The predicted octanol–water partition coefficient (Wildman–Crippen LogP) is -0.0274. The predicted molar refractivity (Wildman–Crippen MR) is 50.3 cm³/mol. The molecule has 0 spiro atoms. The van der Waals surface area contributed by atoms with E-state index in [2.05, 4.69) is 0 Å². The molecular formula is C9H18N2O2. The van der Waals surface area contributed by atoms with Gasteiger partial charge in [0.05, 0.1) is 6.04 Å². The third-order valence-electron chi connectivity index (χ3n) is 2.37. The lowest BCUT2D eigenvalue weighted by molar-refractivity contribution is -0.128. The van der Waals surface area contributed by atoms with Crippen molar-refractivity contribution in [3.8, 4) is 0 Å². The SMILES string of the molecule is COCCCCN1CCC(N)C1=O. The molecule has 0 saturated carbocycles. The number of likely N-dealkylation sites (tertiary alicyclic amines) is 1. The second-order valence-electron chi connectivity index (χ2n) is 3.42. The monoisotopic (exact) mass is 186 g/mol. The number of carbonyl (C=O) groups excluding carboxylic acids is 1. The Morgan fingerprint density at radius 1 is 1.62 bits per heavy atom. The lowest BCUT2D eigenvalue weighted by Gasteiger charge is -2.15. The van der Waals surface area contributed by atoms with E-state index in [1.165, 1.54) is 0 Å². The molecule has 1 amide bonds. The van der Waals surface area contributed by atoms with E-state index >= 15 is 0 Å². The zero-order valence-electron chi connectivity index (χ0n) is 8.16. The summed E-state index contributed by atoms with van der Waals surface area (Å²) >= 11 is 0. The van der Waals surface area contributed by atoms with Gasteiger partial charge in [0.15, 0.2) is 0 Å². The fourth-order valence-corrected chi connectivity index (χ4v) is 1.53. The van der Waals surface area contributed by atoms with Crippen molar-refractivity contribution in [3.63, 3.8) is 0 Å². The number of nitrogens with zero attached hydrogens (tertiary/aromatic N) is 1. The molecule has 76 valence electrons. The van der Waals surface area contributed by atoms with Crippen molar-refractivity contribution in [2.75, 3.05) is 26.8 Å². The summed E-state index contributed by atoms with van der Waals surface area (Å²) < 4.78 is 4.93. The molecule has 0 bridgehead atoms. The summed E-state index contributed by atoms with van der Waals surface area (Å²) in [5.41, 5.74) is 5.58. The quantitative estimate of drug-likeness (QED) is 0.614. The minimum Gasteiger partial charge on any atom is -0.385 e. The summed E-state index contributed by atoms with van der Waals surface area (Å²) in [6.45, 7) is 2.43. The van der Waals surface area contributed by atoms with Crippen LogP contribution >= 0.6 is 0 Å². The highest BCUT2D eigenvalue weighted by atomic mass is 16.5. The van der Waals surface area contributed by atoms with E-state index < -0.39 is 0 Å². The number of hydrogen-bond acceptors (Lipinski definition) is 3. The van der Waals surface area contributed by atoms with Gasteiger partial charge in [-0.1, -0.05) is 0 Å². The number of hydrogen-bond donors (Lipinski definition) is 1.